The molecular formula is C12H18N2O4S. The highest BCUT2D eigenvalue weighted by molar-refractivity contribution is 7.87. The monoisotopic (exact) mass is 286 g/mol. The summed E-state index contributed by atoms with van der Waals surface area (Å²) >= 11 is 0. The van der Waals surface area contributed by atoms with Gasteiger partial charge in [-0.3, -0.25) is 4.79 Å². The molecule has 0 amide bonds. The van der Waals surface area contributed by atoms with Crippen LogP contribution in [-0.2, 0) is 15.0 Å². The lowest BCUT2D eigenvalue weighted by molar-refractivity contribution is -0.137. The van der Waals surface area contributed by atoms with Crippen LogP contribution >= 0.6 is 0 Å². The van der Waals surface area contributed by atoms with E-state index in [0.29, 0.717) is 0 Å². The molecule has 0 heterocycles. The Hall–Kier alpha value is -1.44. The number of aliphatic carboxylic acids is 1. The van der Waals surface area contributed by atoms with Gasteiger partial charge < -0.3 is 5.11 Å². The molecule has 0 spiro atoms. The van der Waals surface area contributed by atoms with Gasteiger partial charge in [-0.25, -0.2) is 0 Å². The maximum absolute atomic E-state index is 11.9. The van der Waals surface area contributed by atoms with Crippen molar-refractivity contribution in [2.45, 2.75) is 19.4 Å². The van der Waals surface area contributed by atoms with Crippen LogP contribution in [0.3, 0.4) is 0 Å². The van der Waals surface area contributed by atoms with E-state index in [-0.39, 0.29) is 19.0 Å². The Kier molecular flexibility index (Phi) is 5.46. The van der Waals surface area contributed by atoms with Crippen molar-refractivity contribution in [1.82, 2.24) is 9.03 Å². The SMILES string of the molecule is C[C@H](NS(=O)(=O)N(C)CCC(=O)O)c1ccccc1. The van der Waals surface area contributed by atoms with Crippen molar-refractivity contribution in [1.29, 1.82) is 0 Å². The fraction of sp³-hybridized carbons (Fsp3) is 0.417. The van der Waals surface area contributed by atoms with Crippen molar-refractivity contribution in [2.75, 3.05) is 13.6 Å². The van der Waals surface area contributed by atoms with Gasteiger partial charge in [-0.2, -0.15) is 17.4 Å². The first-order valence-electron chi connectivity index (χ1n) is 5.83. The zero-order chi connectivity index (χ0) is 14.5. The Labute approximate surface area is 113 Å². The highest BCUT2D eigenvalue weighted by Gasteiger charge is 2.21. The highest BCUT2D eigenvalue weighted by Crippen LogP contribution is 2.13. The Morgan fingerprint density at radius 2 is 1.95 bits per heavy atom. The molecule has 0 aliphatic carbocycles. The van der Waals surface area contributed by atoms with Gasteiger partial charge in [0, 0.05) is 19.6 Å². The Bertz CT molecular complexity index is 516. The minimum atomic E-state index is -3.68. The number of hydrogen-bond donors (Lipinski definition) is 2. The molecule has 1 rings (SSSR count). The second kappa shape index (κ2) is 6.65. The summed E-state index contributed by atoms with van der Waals surface area (Å²) in [6.07, 6.45) is -0.225. The van der Waals surface area contributed by atoms with Crippen molar-refractivity contribution in [3.63, 3.8) is 0 Å². The molecule has 1 atom stereocenters. The summed E-state index contributed by atoms with van der Waals surface area (Å²) in [5.74, 6) is -1.03. The predicted octanol–water partition coefficient (Wildman–Crippen LogP) is 0.989. The van der Waals surface area contributed by atoms with E-state index in [0.717, 1.165) is 9.87 Å². The van der Waals surface area contributed by atoms with E-state index in [1.165, 1.54) is 7.05 Å². The lowest BCUT2D eigenvalue weighted by Gasteiger charge is -2.20. The summed E-state index contributed by atoms with van der Waals surface area (Å²) in [6.45, 7) is 1.67. The van der Waals surface area contributed by atoms with Gasteiger partial charge in [0.1, 0.15) is 0 Å². The van der Waals surface area contributed by atoms with E-state index in [9.17, 15) is 13.2 Å². The first kappa shape index (κ1) is 15.6. The summed E-state index contributed by atoms with van der Waals surface area (Å²) in [6, 6.07) is 8.78. The third kappa shape index (κ3) is 4.98. The van der Waals surface area contributed by atoms with Crippen LogP contribution in [0.15, 0.2) is 30.3 Å². The number of rotatable bonds is 7. The topological polar surface area (TPSA) is 86.7 Å². The number of nitrogens with zero attached hydrogens (tertiary/aromatic N) is 1. The van der Waals surface area contributed by atoms with Crippen molar-refractivity contribution in [2.24, 2.45) is 0 Å². The van der Waals surface area contributed by atoms with Crippen LogP contribution < -0.4 is 4.72 Å². The van der Waals surface area contributed by atoms with E-state index in [2.05, 4.69) is 4.72 Å². The van der Waals surface area contributed by atoms with Crippen LogP contribution in [0.5, 0.6) is 0 Å². The van der Waals surface area contributed by atoms with E-state index < -0.39 is 16.2 Å². The van der Waals surface area contributed by atoms with E-state index in [1.54, 1.807) is 6.92 Å². The Balaban J connectivity index is 2.66. The van der Waals surface area contributed by atoms with Crippen molar-refractivity contribution in [3.05, 3.63) is 35.9 Å². The maximum Gasteiger partial charge on any atom is 0.304 e. The number of carboxylic acids is 1. The van der Waals surface area contributed by atoms with Crippen LogP contribution in [0.1, 0.15) is 24.9 Å². The first-order chi connectivity index (χ1) is 8.83. The standard InChI is InChI=1S/C12H18N2O4S/c1-10(11-6-4-3-5-7-11)13-19(17,18)14(2)9-8-12(15)16/h3-7,10,13H,8-9H2,1-2H3,(H,15,16)/t10-/m0/s1. The number of benzene rings is 1. The summed E-state index contributed by atoms with van der Waals surface area (Å²) < 4.78 is 27.4. The smallest absolute Gasteiger partial charge is 0.304 e. The third-order valence-electron chi connectivity index (χ3n) is 2.68. The van der Waals surface area contributed by atoms with Crippen LogP contribution in [0.2, 0.25) is 0 Å². The highest BCUT2D eigenvalue weighted by atomic mass is 32.2. The fourth-order valence-corrected chi connectivity index (χ4v) is 2.59. The normalized spacial score (nSPS) is 13.4. The number of carboxylic acid groups (broad SMARTS) is 1. The number of carbonyl (C=O) groups is 1. The van der Waals surface area contributed by atoms with E-state index in [1.807, 2.05) is 30.3 Å². The summed E-state index contributed by atoms with van der Waals surface area (Å²) in [7, 11) is -2.33. The van der Waals surface area contributed by atoms with Crippen LogP contribution in [-0.4, -0.2) is 37.4 Å². The quantitative estimate of drug-likeness (QED) is 0.782. The third-order valence-corrected chi connectivity index (χ3v) is 4.33. The lowest BCUT2D eigenvalue weighted by atomic mass is 10.1. The molecule has 0 unspecified atom stereocenters. The summed E-state index contributed by atoms with van der Waals surface area (Å²) in [5, 5.41) is 8.55. The first-order valence-corrected chi connectivity index (χ1v) is 7.27. The number of hydrogen-bond acceptors (Lipinski definition) is 3. The average molecular weight is 286 g/mol. The fourth-order valence-electron chi connectivity index (χ4n) is 1.50. The molecule has 6 nitrogen and oxygen atoms in total. The minimum Gasteiger partial charge on any atom is -0.481 e. The molecule has 0 saturated carbocycles. The van der Waals surface area contributed by atoms with Gasteiger partial charge in [-0.1, -0.05) is 30.3 Å². The molecule has 0 fully saturated rings. The van der Waals surface area contributed by atoms with Crippen molar-refractivity contribution >= 4 is 16.2 Å². The molecule has 19 heavy (non-hydrogen) atoms. The average Bonchev–Trinajstić information content (AvgIpc) is 2.36. The molecule has 0 saturated heterocycles. The molecule has 0 aliphatic rings. The van der Waals surface area contributed by atoms with Crippen molar-refractivity contribution in [3.8, 4) is 0 Å². The van der Waals surface area contributed by atoms with Crippen LogP contribution in [0, 0.1) is 0 Å². The molecule has 106 valence electrons. The number of nitrogens with one attached hydrogen (secondary N) is 1. The molecule has 0 aromatic heterocycles. The van der Waals surface area contributed by atoms with Gasteiger partial charge in [0.05, 0.1) is 6.42 Å². The van der Waals surface area contributed by atoms with Gasteiger partial charge in [0.2, 0.25) is 0 Å². The minimum absolute atomic E-state index is 0.0633. The predicted molar refractivity (Wildman–Crippen MR) is 71.8 cm³/mol. The molecular weight excluding hydrogens is 268 g/mol. The molecule has 0 bridgehead atoms. The zero-order valence-corrected chi connectivity index (χ0v) is 11.7. The molecule has 2 N–H and O–H groups in total. The van der Waals surface area contributed by atoms with E-state index in [4.69, 9.17) is 5.11 Å². The van der Waals surface area contributed by atoms with Gasteiger partial charge >= 0.3 is 5.97 Å². The van der Waals surface area contributed by atoms with Gasteiger partial charge in [-0.15, -0.1) is 0 Å². The van der Waals surface area contributed by atoms with Crippen LogP contribution in [0.4, 0.5) is 0 Å². The zero-order valence-electron chi connectivity index (χ0n) is 10.9. The molecule has 0 radical (unpaired) electrons. The van der Waals surface area contributed by atoms with Crippen LogP contribution in [0.25, 0.3) is 0 Å². The summed E-state index contributed by atoms with van der Waals surface area (Å²) in [5.41, 5.74) is 0.845. The second-order valence-electron chi connectivity index (χ2n) is 4.22. The molecule has 1 aromatic rings. The molecule has 0 aliphatic heterocycles. The molecule has 1 aromatic carbocycles. The second-order valence-corrected chi connectivity index (χ2v) is 6.03. The lowest BCUT2D eigenvalue weighted by Crippen LogP contribution is -2.40. The summed E-state index contributed by atoms with van der Waals surface area (Å²) in [4.78, 5) is 10.4. The Morgan fingerprint density at radius 3 is 2.47 bits per heavy atom. The largest absolute Gasteiger partial charge is 0.481 e. The van der Waals surface area contributed by atoms with Gasteiger partial charge in [0.25, 0.3) is 10.2 Å². The van der Waals surface area contributed by atoms with Gasteiger partial charge in [0.15, 0.2) is 0 Å². The molecule has 7 heteroatoms. The van der Waals surface area contributed by atoms with Crippen molar-refractivity contribution < 1.29 is 18.3 Å². The maximum atomic E-state index is 11.9. The van der Waals surface area contributed by atoms with Gasteiger partial charge in [-0.05, 0) is 12.5 Å². The van der Waals surface area contributed by atoms with E-state index >= 15 is 0 Å². The Morgan fingerprint density at radius 1 is 1.37 bits per heavy atom.